The largest absolute Gasteiger partial charge is 0.490 e. The fourth-order valence-electron chi connectivity index (χ4n) is 1.02. The highest BCUT2D eigenvalue weighted by molar-refractivity contribution is 14.1. The molecule has 0 fully saturated rings. The van der Waals surface area contributed by atoms with Crippen LogP contribution in [-0.2, 0) is 0 Å². The second-order valence-corrected chi connectivity index (χ2v) is 3.70. The topological polar surface area (TPSA) is 18.5 Å². The Kier molecular flexibility index (Phi) is 4.35. The average molecular weight is 292 g/mol. The highest BCUT2D eigenvalue weighted by Crippen LogP contribution is 2.28. The monoisotopic (exact) mass is 292 g/mol. The molecule has 0 atom stereocenters. The van der Waals surface area contributed by atoms with Crippen molar-refractivity contribution in [3.05, 3.63) is 21.8 Å². The van der Waals surface area contributed by atoms with Gasteiger partial charge in [0.05, 0.1) is 13.2 Å². The lowest BCUT2D eigenvalue weighted by Gasteiger charge is -2.10. The number of rotatable bonds is 4. The van der Waals surface area contributed by atoms with E-state index >= 15 is 0 Å². The highest BCUT2D eigenvalue weighted by Gasteiger charge is 2.03. The van der Waals surface area contributed by atoms with E-state index in [-0.39, 0.29) is 0 Å². The summed E-state index contributed by atoms with van der Waals surface area (Å²) in [6.45, 7) is 5.27. The Balaban J connectivity index is 2.89. The molecule has 0 aliphatic heterocycles. The molecule has 0 aliphatic rings. The second kappa shape index (κ2) is 5.32. The van der Waals surface area contributed by atoms with Gasteiger partial charge in [0.2, 0.25) is 0 Å². The van der Waals surface area contributed by atoms with Gasteiger partial charge in [-0.1, -0.05) is 0 Å². The number of hydrogen-bond acceptors (Lipinski definition) is 2. The predicted octanol–water partition coefficient (Wildman–Crippen LogP) is 3.09. The maximum absolute atomic E-state index is 5.44. The van der Waals surface area contributed by atoms with Gasteiger partial charge in [-0.2, -0.15) is 0 Å². The zero-order valence-electron chi connectivity index (χ0n) is 7.84. The third-order valence-corrected chi connectivity index (χ3v) is 2.18. The van der Waals surface area contributed by atoms with Gasteiger partial charge in [-0.3, -0.25) is 0 Å². The van der Waals surface area contributed by atoms with Gasteiger partial charge in [0.25, 0.3) is 0 Å². The Labute approximate surface area is 92.4 Å². The smallest absolute Gasteiger partial charge is 0.162 e. The molecular formula is C10H13IO2. The molecule has 0 spiro atoms. The van der Waals surface area contributed by atoms with E-state index in [1.807, 2.05) is 32.0 Å². The molecule has 13 heavy (non-hydrogen) atoms. The lowest BCUT2D eigenvalue weighted by atomic mass is 10.3. The number of hydrogen-bond donors (Lipinski definition) is 0. The fourth-order valence-corrected chi connectivity index (χ4v) is 1.49. The first-order valence-electron chi connectivity index (χ1n) is 4.33. The summed E-state index contributed by atoms with van der Waals surface area (Å²) in [6, 6.07) is 5.93. The molecule has 0 amide bonds. The van der Waals surface area contributed by atoms with Crippen molar-refractivity contribution in [2.45, 2.75) is 13.8 Å². The van der Waals surface area contributed by atoms with Gasteiger partial charge in [0, 0.05) is 3.57 Å². The third kappa shape index (κ3) is 3.06. The van der Waals surface area contributed by atoms with Crippen LogP contribution in [0.3, 0.4) is 0 Å². The van der Waals surface area contributed by atoms with Crippen LogP contribution in [0.5, 0.6) is 11.5 Å². The maximum Gasteiger partial charge on any atom is 0.162 e. The Bertz CT molecular complexity index is 274. The van der Waals surface area contributed by atoms with Crippen LogP contribution in [0.25, 0.3) is 0 Å². The van der Waals surface area contributed by atoms with Crippen molar-refractivity contribution in [1.29, 1.82) is 0 Å². The van der Waals surface area contributed by atoms with Gasteiger partial charge in [-0.05, 0) is 54.6 Å². The van der Waals surface area contributed by atoms with Gasteiger partial charge < -0.3 is 9.47 Å². The Morgan fingerprint density at radius 2 is 1.69 bits per heavy atom. The molecule has 0 saturated heterocycles. The van der Waals surface area contributed by atoms with Crippen LogP contribution in [0.1, 0.15) is 13.8 Å². The molecule has 3 heteroatoms. The van der Waals surface area contributed by atoms with Crippen molar-refractivity contribution in [3.63, 3.8) is 0 Å². The van der Waals surface area contributed by atoms with Crippen LogP contribution in [0.4, 0.5) is 0 Å². The minimum absolute atomic E-state index is 0.667. The molecule has 2 nitrogen and oxygen atoms in total. The van der Waals surface area contributed by atoms with E-state index in [2.05, 4.69) is 22.6 Å². The van der Waals surface area contributed by atoms with Crippen molar-refractivity contribution < 1.29 is 9.47 Å². The van der Waals surface area contributed by atoms with Crippen LogP contribution in [0.2, 0.25) is 0 Å². The van der Waals surface area contributed by atoms with E-state index in [4.69, 9.17) is 9.47 Å². The standard InChI is InChI=1S/C10H13IO2/c1-3-12-9-6-5-8(11)7-10(9)13-4-2/h5-7H,3-4H2,1-2H3. The molecular weight excluding hydrogens is 279 g/mol. The number of benzene rings is 1. The first-order valence-corrected chi connectivity index (χ1v) is 5.41. The Hall–Kier alpha value is -0.450. The third-order valence-electron chi connectivity index (χ3n) is 1.51. The molecule has 0 N–H and O–H groups in total. The zero-order chi connectivity index (χ0) is 9.68. The summed E-state index contributed by atoms with van der Waals surface area (Å²) in [5.41, 5.74) is 0. The lowest BCUT2D eigenvalue weighted by molar-refractivity contribution is 0.287. The molecule has 1 aromatic carbocycles. The summed E-state index contributed by atoms with van der Waals surface area (Å²) in [4.78, 5) is 0. The molecule has 0 bridgehead atoms. The van der Waals surface area contributed by atoms with E-state index < -0.39 is 0 Å². The molecule has 0 aromatic heterocycles. The van der Waals surface area contributed by atoms with E-state index in [0.717, 1.165) is 15.1 Å². The first-order chi connectivity index (χ1) is 6.27. The maximum atomic E-state index is 5.44. The zero-order valence-corrected chi connectivity index (χ0v) is 10.00. The lowest BCUT2D eigenvalue weighted by Crippen LogP contribution is -1.98. The number of halogens is 1. The number of ether oxygens (including phenoxy) is 2. The highest BCUT2D eigenvalue weighted by atomic mass is 127. The quantitative estimate of drug-likeness (QED) is 0.794. The molecule has 1 rings (SSSR count). The van der Waals surface area contributed by atoms with Gasteiger partial charge in [0.1, 0.15) is 0 Å². The van der Waals surface area contributed by atoms with Crippen LogP contribution in [0, 0.1) is 3.57 Å². The molecule has 0 radical (unpaired) electrons. The van der Waals surface area contributed by atoms with Gasteiger partial charge >= 0.3 is 0 Å². The van der Waals surface area contributed by atoms with Gasteiger partial charge in [-0.15, -0.1) is 0 Å². The van der Waals surface area contributed by atoms with Crippen molar-refractivity contribution in [3.8, 4) is 11.5 Å². The van der Waals surface area contributed by atoms with Gasteiger partial charge in [0.15, 0.2) is 11.5 Å². The fraction of sp³-hybridized carbons (Fsp3) is 0.400. The minimum atomic E-state index is 0.667. The average Bonchev–Trinajstić information content (AvgIpc) is 2.10. The normalized spacial score (nSPS) is 9.77. The summed E-state index contributed by atoms with van der Waals surface area (Å²) in [5, 5.41) is 0. The van der Waals surface area contributed by atoms with Gasteiger partial charge in [-0.25, -0.2) is 0 Å². The predicted molar refractivity (Wildman–Crippen MR) is 61.5 cm³/mol. The van der Waals surface area contributed by atoms with Crippen LogP contribution >= 0.6 is 22.6 Å². The minimum Gasteiger partial charge on any atom is -0.490 e. The molecule has 72 valence electrons. The molecule has 0 saturated carbocycles. The summed E-state index contributed by atoms with van der Waals surface area (Å²) in [7, 11) is 0. The summed E-state index contributed by atoms with van der Waals surface area (Å²) >= 11 is 2.25. The Morgan fingerprint density at radius 1 is 1.08 bits per heavy atom. The van der Waals surface area contributed by atoms with E-state index in [9.17, 15) is 0 Å². The molecule has 0 heterocycles. The van der Waals surface area contributed by atoms with Crippen molar-refractivity contribution in [2.24, 2.45) is 0 Å². The van der Waals surface area contributed by atoms with Crippen LogP contribution in [-0.4, -0.2) is 13.2 Å². The SMILES string of the molecule is CCOc1ccc(I)cc1OCC. The molecule has 1 aromatic rings. The van der Waals surface area contributed by atoms with Crippen LogP contribution < -0.4 is 9.47 Å². The van der Waals surface area contributed by atoms with Crippen molar-refractivity contribution in [2.75, 3.05) is 13.2 Å². The first kappa shape index (κ1) is 10.6. The van der Waals surface area contributed by atoms with E-state index in [1.165, 1.54) is 0 Å². The second-order valence-electron chi connectivity index (χ2n) is 2.46. The summed E-state index contributed by atoms with van der Waals surface area (Å²) < 4.78 is 12.0. The van der Waals surface area contributed by atoms with Crippen LogP contribution in [0.15, 0.2) is 18.2 Å². The molecule has 0 aliphatic carbocycles. The molecule has 0 unspecified atom stereocenters. The van der Waals surface area contributed by atoms with E-state index in [1.54, 1.807) is 0 Å². The summed E-state index contributed by atoms with van der Waals surface area (Å²) in [5.74, 6) is 1.65. The van der Waals surface area contributed by atoms with Crippen molar-refractivity contribution >= 4 is 22.6 Å². The Morgan fingerprint density at radius 3 is 2.31 bits per heavy atom. The summed E-state index contributed by atoms with van der Waals surface area (Å²) in [6.07, 6.45) is 0. The van der Waals surface area contributed by atoms with Crippen molar-refractivity contribution in [1.82, 2.24) is 0 Å². The van der Waals surface area contributed by atoms with E-state index in [0.29, 0.717) is 13.2 Å².